The summed E-state index contributed by atoms with van der Waals surface area (Å²) in [5.41, 5.74) is 0.360. The molecular weight excluding hydrogens is 192 g/mol. The van der Waals surface area contributed by atoms with Crippen molar-refractivity contribution >= 4 is 16.7 Å². The lowest BCUT2D eigenvalue weighted by atomic mass is 10.1. The highest BCUT2D eigenvalue weighted by molar-refractivity contribution is 5.97. The third-order valence-electron chi connectivity index (χ3n) is 2.20. The Morgan fingerprint density at radius 1 is 1.13 bits per heavy atom. The van der Waals surface area contributed by atoms with Gasteiger partial charge in [0.25, 0.3) is 5.91 Å². The molecule has 2 rings (SSSR count). The van der Waals surface area contributed by atoms with Crippen LogP contribution in [-0.4, -0.2) is 16.3 Å². The van der Waals surface area contributed by atoms with Crippen LogP contribution in [0.25, 0.3) is 10.8 Å². The predicted molar refractivity (Wildman–Crippen MR) is 56.1 cm³/mol. The zero-order valence-corrected chi connectivity index (χ0v) is 7.92. The van der Waals surface area contributed by atoms with Gasteiger partial charge in [-0.05, 0) is 22.9 Å². The molecule has 1 amide bonds. The summed E-state index contributed by atoms with van der Waals surface area (Å²) < 4.78 is 0. The van der Waals surface area contributed by atoms with E-state index in [0.717, 1.165) is 10.8 Å². The van der Waals surface area contributed by atoms with Crippen LogP contribution in [-0.2, 0) is 0 Å². The van der Waals surface area contributed by atoms with Crippen LogP contribution in [0.4, 0.5) is 0 Å². The molecule has 0 aliphatic rings. The van der Waals surface area contributed by atoms with Crippen LogP contribution in [0.5, 0.6) is 0 Å². The second-order valence-corrected chi connectivity index (χ2v) is 3.21. The van der Waals surface area contributed by atoms with Crippen LogP contribution in [0.1, 0.15) is 10.4 Å². The lowest BCUT2D eigenvalue weighted by molar-refractivity contribution is -0.0595. The number of fused-ring (bicyclic) bond motifs is 1. The quantitative estimate of drug-likeness (QED) is 0.319. The fourth-order valence-corrected chi connectivity index (χ4v) is 1.45. The lowest BCUT2D eigenvalue weighted by Crippen LogP contribution is -2.33. The average Bonchev–Trinajstić information content (AvgIpc) is 2.27. The van der Waals surface area contributed by atoms with Crippen molar-refractivity contribution in [3.05, 3.63) is 48.0 Å². The third kappa shape index (κ3) is 1.81. The van der Waals surface area contributed by atoms with E-state index in [1.54, 1.807) is 12.1 Å². The summed E-state index contributed by atoms with van der Waals surface area (Å²) >= 11 is 0. The van der Waals surface area contributed by atoms with Crippen molar-refractivity contribution in [2.75, 3.05) is 0 Å². The van der Waals surface area contributed by atoms with Gasteiger partial charge in [0, 0.05) is 5.56 Å². The normalized spacial score (nSPS) is 10.3. The van der Waals surface area contributed by atoms with Crippen molar-refractivity contribution < 1.29 is 10.0 Å². The molecule has 3 N–H and O–H groups in total. The zero-order chi connectivity index (χ0) is 10.8. The van der Waals surface area contributed by atoms with Crippen molar-refractivity contribution in [2.45, 2.75) is 0 Å². The summed E-state index contributed by atoms with van der Waals surface area (Å²) in [4.78, 5) is 11.3. The van der Waals surface area contributed by atoms with Crippen molar-refractivity contribution in [1.82, 2.24) is 5.17 Å². The largest absolute Gasteiger partial charge is 0.292 e. The highest BCUT2D eigenvalue weighted by Gasteiger charge is 2.09. The summed E-state index contributed by atoms with van der Waals surface area (Å²) in [7, 11) is 0. The molecule has 0 radical (unpaired) electrons. The van der Waals surface area contributed by atoms with Gasteiger partial charge in [-0.25, -0.2) is 5.84 Å². The molecule has 4 nitrogen and oxygen atoms in total. The van der Waals surface area contributed by atoms with Gasteiger partial charge in [-0.15, -0.1) is 5.17 Å². The topological polar surface area (TPSA) is 66.6 Å². The van der Waals surface area contributed by atoms with Crippen molar-refractivity contribution in [3.8, 4) is 0 Å². The lowest BCUT2D eigenvalue weighted by Gasteiger charge is -2.08. The molecule has 4 heteroatoms. The number of benzene rings is 2. The first-order chi connectivity index (χ1) is 7.18. The SMILES string of the molecule is NN(O)C(=O)c1ccc2ccccc2c1. The van der Waals surface area contributed by atoms with E-state index in [1.165, 1.54) is 0 Å². The summed E-state index contributed by atoms with van der Waals surface area (Å²) in [6.07, 6.45) is 0. The second-order valence-electron chi connectivity index (χ2n) is 3.21. The molecule has 0 heterocycles. The Balaban J connectivity index is 2.52. The van der Waals surface area contributed by atoms with Gasteiger partial charge in [0.05, 0.1) is 0 Å². The Morgan fingerprint density at radius 2 is 1.80 bits per heavy atom. The number of hydrogen-bond donors (Lipinski definition) is 2. The maximum absolute atomic E-state index is 11.3. The molecule has 0 aromatic heterocycles. The Labute approximate surface area is 86.5 Å². The number of nitrogens with zero attached hydrogens (tertiary/aromatic N) is 1. The van der Waals surface area contributed by atoms with E-state index >= 15 is 0 Å². The smallest absolute Gasteiger partial charge is 0.270 e. The van der Waals surface area contributed by atoms with E-state index in [4.69, 9.17) is 11.0 Å². The van der Waals surface area contributed by atoms with Gasteiger partial charge < -0.3 is 0 Å². The molecule has 0 bridgehead atoms. The highest BCUT2D eigenvalue weighted by atomic mass is 16.5. The van der Waals surface area contributed by atoms with E-state index < -0.39 is 5.91 Å². The van der Waals surface area contributed by atoms with Gasteiger partial charge in [0.1, 0.15) is 0 Å². The zero-order valence-electron chi connectivity index (χ0n) is 7.92. The van der Waals surface area contributed by atoms with Gasteiger partial charge >= 0.3 is 0 Å². The Bertz CT molecular complexity index is 509. The number of amides is 1. The third-order valence-corrected chi connectivity index (χ3v) is 2.20. The Morgan fingerprint density at radius 3 is 2.47 bits per heavy atom. The second kappa shape index (κ2) is 3.68. The fraction of sp³-hybridized carbons (Fsp3) is 0. The molecule has 15 heavy (non-hydrogen) atoms. The van der Waals surface area contributed by atoms with Gasteiger partial charge in [0.2, 0.25) is 0 Å². The molecule has 2 aromatic carbocycles. The summed E-state index contributed by atoms with van der Waals surface area (Å²) in [6, 6.07) is 12.8. The number of carbonyl (C=O) groups excluding carboxylic acids is 1. The van der Waals surface area contributed by atoms with Crippen LogP contribution in [0.15, 0.2) is 42.5 Å². The minimum absolute atomic E-state index is 0.0874. The molecule has 0 saturated heterocycles. The molecule has 0 unspecified atom stereocenters. The number of carbonyl (C=O) groups is 1. The summed E-state index contributed by atoms with van der Waals surface area (Å²) in [5, 5.41) is 10.9. The number of hydrogen-bond acceptors (Lipinski definition) is 3. The highest BCUT2D eigenvalue weighted by Crippen LogP contribution is 2.15. The molecule has 0 fully saturated rings. The summed E-state index contributed by atoms with van der Waals surface area (Å²) in [5.74, 6) is 4.33. The van der Waals surface area contributed by atoms with Crippen LogP contribution in [0, 0.1) is 0 Å². The summed E-state index contributed by atoms with van der Waals surface area (Å²) in [6.45, 7) is 0. The van der Waals surface area contributed by atoms with Gasteiger partial charge in [-0.3, -0.25) is 10.0 Å². The molecule has 0 aliphatic carbocycles. The van der Waals surface area contributed by atoms with Crippen LogP contribution < -0.4 is 5.84 Å². The van der Waals surface area contributed by atoms with E-state index in [1.807, 2.05) is 30.3 Å². The van der Waals surface area contributed by atoms with Gasteiger partial charge in [-0.2, -0.15) is 0 Å². The van der Waals surface area contributed by atoms with E-state index in [9.17, 15) is 4.79 Å². The maximum Gasteiger partial charge on any atom is 0.292 e. The van der Waals surface area contributed by atoms with Crippen LogP contribution in [0.3, 0.4) is 0 Å². The molecule has 76 valence electrons. The molecular formula is C11H10N2O2. The van der Waals surface area contributed by atoms with Crippen molar-refractivity contribution in [2.24, 2.45) is 5.84 Å². The molecule has 0 atom stereocenters. The van der Waals surface area contributed by atoms with E-state index in [-0.39, 0.29) is 5.17 Å². The first-order valence-corrected chi connectivity index (χ1v) is 4.45. The molecule has 0 spiro atoms. The number of hydrazine groups is 1. The molecule has 0 aliphatic heterocycles. The molecule has 0 saturated carbocycles. The predicted octanol–water partition coefficient (Wildman–Crippen LogP) is 1.54. The van der Waals surface area contributed by atoms with Crippen LogP contribution in [0.2, 0.25) is 0 Å². The monoisotopic (exact) mass is 202 g/mol. The van der Waals surface area contributed by atoms with E-state index in [0.29, 0.717) is 5.56 Å². The first-order valence-electron chi connectivity index (χ1n) is 4.45. The molecule has 2 aromatic rings. The van der Waals surface area contributed by atoms with Gasteiger partial charge in [-0.1, -0.05) is 30.3 Å². The van der Waals surface area contributed by atoms with Crippen LogP contribution >= 0.6 is 0 Å². The maximum atomic E-state index is 11.3. The minimum atomic E-state index is -0.624. The number of nitrogens with two attached hydrogens (primary N) is 1. The standard InChI is InChI=1S/C11H10N2O2/c12-13(15)11(14)10-6-5-8-3-1-2-4-9(8)7-10/h1-7,15H,12H2. The van der Waals surface area contributed by atoms with Crippen molar-refractivity contribution in [3.63, 3.8) is 0 Å². The average molecular weight is 202 g/mol. The first kappa shape index (κ1) is 9.64. The number of rotatable bonds is 1. The van der Waals surface area contributed by atoms with Gasteiger partial charge in [0.15, 0.2) is 0 Å². The Hall–Kier alpha value is -1.91. The van der Waals surface area contributed by atoms with E-state index in [2.05, 4.69) is 0 Å². The van der Waals surface area contributed by atoms with Crippen molar-refractivity contribution in [1.29, 1.82) is 0 Å². The Kier molecular flexibility index (Phi) is 2.37. The number of hydroxylamine groups is 1. The fourth-order valence-electron chi connectivity index (χ4n) is 1.45. The minimum Gasteiger partial charge on any atom is -0.270 e.